The molecular formula is C16H28N2O2. The molecule has 3 N–H and O–H groups in total. The van der Waals surface area contributed by atoms with E-state index < -0.39 is 0 Å². The Labute approximate surface area is 121 Å². The lowest BCUT2D eigenvalue weighted by Gasteiger charge is -2.32. The van der Waals surface area contributed by atoms with Gasteiger partial charge in [0.2, 0.25) is 0 Å². The summed E-state index contributed by atoms with van der Waals surface area (Å²) in [5.41, 5.74) is 0. The summed E-state index contributed by atoms with van der Waals surface area (Å²) in [6.45, 7) is 2.18. The first kappa shape index (κ1) is 14.2. The van der Waals surface area contributed by atoms with E-state index in [0.717, 1.165) is 30.1 Å². The molecule has 6 unspecified atom stereocenters. The van der Waals surface area contributed by atoms with Crippen molar-refractivity contribution in [3.05, 3.63) is 0 Å². The zero-order valence-electron chi connectivity index (χ0n) is 12.5. The Morgan fingerprint density at radius 2 is 2.05 bits per heavy atom. The van der Waals surface area contributed by atoms with E-state index in [4.69, 9.17) is 5.11 Å². The van der Waals surface area contributed by atoms with Gasteiger partial charge in [0.1, 0.15) is 0 Å². The normalized spacial score (nSPS) is 39.6. The van der Waals surface area contributed by atoms with Crippen LogP contribution in [0.5, 0.6) is 0 Å². The van der Waals surface area contributed by atoms with Crippen LogP contribution in [0.2, 0.25) is 0 Å². The van der Waals surface area contributed by atoms with Gasteiger partial charge in [0.15, 0.2) is 0 Å². The van der Waals surface area contributed by atoms with Crippen LogP contribution in [0.3, 0.4) is 0 Å². The Hall–Kier alpha value is -0.770. The highest BCUT2D eigenvalue weighted by atomic mass is 16.3. The van der Waals surface area contributed by atoms with Gasteiger partial charge in [0, 0.05) is 18.7 Å². The third kappa shape index (κ3) is 2.54. The van der Waals surface area contributed by atoms with Gasteiger partial charge in [-0.05, 0) is 62.2 Å². The highest BCUT2D eigenvalue weighted by molar-refractivity contribution is 5.74. The molecule has 0 aromatic carbocycles. The molecule has 0 saturated heterocycles. The Kier molecular flexibility index (Phi) is 4.20. The van der Waals surface area contributed by atoms with Gasteiger partial charge in [-0.1, -0.05) is 13.3 Å². The van der Waals surface area contributed by atoms with Gasteiger partial charge >= 0.3 is 6.03 Å². The molecule has 0 aliphatic heterocycles. The topological polar surface area (TPSA) is 61.4 Å². The first-order valence-electron chi connectivity index (χ1n) is 8.40. The van der Waals surface area contributed by atoms with Gasteiger partial charge in [0.05, 0.1) is 0 Å². The van der Waals surface area contributed by atoms with Crippen LogP contribution in [0.25, 0.3) is 0 Å². The van der Waals surface area contributed by atoms with Gasteiger partial charge in [0.25, 0.3) is 0 Å². The number of fused-ring (bicyclic) bond motifs is 5. The molecule has 3 saturated carbocycles. The number of rotatable bonds is 5. The molecule has 4 nitrogen and oxygen atoms in total. The van der Waals surface area contributed by atoms with Crippen LogP contribution in [-0.2, 0) is 0 Å². The second kappa shape index (κ2) is 5.92. The maximum Gasteiger partial charge on any atom is 0.315 e. The number of nitrogens with one attached hydrogen (secondary N) is 2. The molecule has 6 atom stereocenters. The molecule has 3 aliphatic carbocycles. The summed E-state index contributed by atoms with van der Waals surface area (Å²) < 4.78 is 0. The van der Waals surface area contributed by atoms with Crippen molar-refractivity contribution in [3.8, 4) is 0 Å². The predicted octanol–water partition coefficient (Wildman–Crippen LogP) is 2.27. The number of carbonyl (C=O) groups excluding carboxylic acids is 1. The third-order valence-electron chi connectivity index (χ3n) is 6.05. The van der Waals surface area contributed by atoms with Gasteiger partial charge < -0.3 is 15.7 Å². The van der Waals surface area contributed by atoms with E-state index in [1.165, 1.54) is 32.1 Å². The van der Waals surface area contributed by atoms with Crippen molar-refractivity contribution in [1.29, 1.82) is 0 Å². The van der Waals surface area contributed by atoms with Crippen LogP contribution in [0, 0.1) is 23.7 Å². The van der Waals surface area contributed by atoms with Crippen molar-refractivity contribution in [1.82, 2.24) is 10.6 Å². The van der Waals surface area contributed by atoms with Crippen LogP contribution in [0.15, 0.2) is 0 Å². The molecule has 114 valence electrons. The molecule has 0 radical (unpaired) electrons. The van der Waals surface area contributed by atoms with Crippen LogP contribution in [0.4, 0.5) is 4.79 Å². The fourth-order valence-electron chi connectivity index (χ4n) is 5.16. The Bertz CT molecular complexity index is 360. The van der Waals surface area contributed by atoms with Crippen molar-refractivity contribution >= 4 is 6.03 Å². The molecule has 0 aromatic rings. The molecule has 2 bridgehead atoms. The summed E-state index contributed by atoms with van der Waals surface area (Å²) >= 11 is 0. The first-order chi connectivity index (χ1) is 9.72. The molecule has 4 heteroatoms. The van der Waals surface area contributed by atoms with Gasteiger partial charge in [-0.2, -0.15) is 0 Å². The lowest BCUT2D eigenvalue weighted by Crippen LogP contribution is -2.49. The number of amides is 2. The predicted molar refractivity (Wildman–Crippen MR) is 78.3 cm³/mol. The zero-order chi connectivity index (χ0) is 14.1. The number of aliphatic hydroxyl groups excluding tert-OH is 1. The number of aliphatic hydroxyl groups is 1. The summed E-state index contributed by atoms with van der Waals surface area (Å²) in [6.07, 6.45) is 8.26. The number of carbonyl (C=O) groups is 1. The highest BCUT2D eigenvalue weighted by Crippen LogP contribution is 2.58. The van der Waals surface area contributed by atoms with Gasteiger partial charge in [-0.25, -0.2) is 4.79 Å². The van der Waals surface area contributed by atoms with Crippen molar-refractivity contribution in [3.63, 3.8) is 0 Å². The van der Waals surface area contributed by atoms with Gasteiger partial charge in [-0.3, -0.25) is 0 Å². The van der Waals surface area contributed by atoms with Crippen LogP contribution in [-0.4, -0.2) is 29.8 Å². The summed E-state index contributed by atoms with van der Waals surface area (Å²) in [4.78, 5) is 12.1. The van der Waals surface area contributed by atoms with Crippen molar-refractivity contribution in [2.75, 3.05) is 6.61 Å². The van der Waals surface area contributed by atoms with E-state index in [-0.39, 0.29) is 18.7 Å². The molecule has 0 heterocycles. The molecule has 2 amide bonds. The fraction of sp³-hybridized carbons (Fsp3) is 0.938. The van der Waals surface area contributed by atoms with E-state index in [0.29, 0.717) is 12.5 Å². The highest BCUT2D eigenvalue weighted by Gasteiger charge is 2.54. The molecule has 3 fully saturated rings. The lowest BCUT2D eigenvalue weighted by atomic mass is 9.79. The molecule has 0 aromatic heterocycles. The summed E-state index contributed by atoms with van der Waals surface area (Å²) in [6, 6.07) is 0.459. The number of urea groups is 1. The second-order valence-corrected chi connectivity index (χ2v) is 7.00. The average Bonchev–Trinajstić information content (AvgIpc) is 3.09. The summed E-state index contributed by atoms with van der Waals surface area (Å²) in [5, 5.41) is 15.2. The minimum Gasteiger partial charge on any atom is -0.396 e. The smallest absolute Gasteiger partial charge is 0.315 e. The summed E-state index contributed by atoms with van der Waals surface area (Å²) in [5.74, 6) is 3.46. The van der Waals surface area contributed by atoms with E-state index in [2.05, 4.69) is 10.6 Å². The molecule has 3 rings (SSSR count). The van der Waals surface area contributed by atoms with Crippen LogP contribution >= 0.6 is 0 Å². The summed E-state index contributed by atoms with van der Waals surface area (Å²) in [7, 11) is 0. The quantitative estimate of drug-likeness (QED) is 0.723. The van der Waals surface area contributed by atoms with Crippen molar-refractivity contribution in [2.24, 2.45) is 23.7 Å². The number of hydrogen-bond donors (Lipinski definition) is 3. The first-order valence-corrected chi connectivity index (χ1v) is 8.40. The van der Waals surface area contributed by atoms with Gasteiger partial charge in [-0.15, -0.1) is 0 Å². The van der Waals surface area contributed by atoms with Crippen molar-refractivity contribution < 1.29 is 9.90 Å². The van der Waals surface area contributed by atoms with E-state index in [9.17, 15) is 4.79 Å². The maximum atomic E-state index is 12.1. The lowest BCUT2D eigenvalue weighted by molar-refractivity contribution is 0.193. The minimum absolute atomic E-state index is 0.0302. The Morgan fingerprint density at radius 1 is 1.25 bits per heavy atom. The maximum absolute atomic E-state index is 12.1. The second-order valence-electron chi connectivity index (χ2n) is 7.00. The average molecular weight is 280 g/mol. The minimum atomic E-state index is -0.0302. The van der Waals surface area contributed by atoms with Crippen LogP contribution in [0.1, 0.15) is 51.9 Å². The van der Waals surface area contributed by atoms with E-state index >= 15 is 0 Å². The zero-order valence-corrected chi connectivity index (χ0v) is 12.5. The monoisotopic (exact) mass is 280 g/mol. The molecule has 0 spiro atoms. The molecular weight excluding hydrogens is 252 g/mol. The standard InChI is InChI=1S/C16H28N2O2/c1-2-11(6-7-19)17-16(20)18-15-9-10-8-14(15)13-5-3-4-12(10)13/h10-15,19H,2-9H2,1H3,(H2,17,18,20). The Morgan fingerprint density at radius 3 is 2.80 bits per heavy atom. The van der Waals surface area contributed by atoms with Crippen LogP contribution < -0.4 is 10.6 Å². The fourth-order valence-corrected chi connectivity index (χ4v) is 5.16. The largest absolute Gasteiger partial charge is 0.396 e. The molecule has 3 aliphatic rings. The molecule has 20 heavy (non-hydrogen) atoms. The van der Waals surface area contributed by atoms with E-state index in [1.54, 1.807) is 0 Å². The Balaban J connectivity index is 1.50. The number of hydrogen-bond acceptors (Lipinski definition) is 2. The van der Waals surface area contributed by atoms with E-state index in [1.807, 2.05) is 6.92 Å². The third-order valence-corrected chi connectivity index (χ3v) is 6.05. The SMILES string of the molecule is CCC(CCO)NC(=O)NC1CC2CC1C1CCCC21. The van der Waals surface area contributed by atoms with Crippen molar-refractivity contribution in [2.45, 2.75) is 64.0 Å².